The summed E-state index contributed by atoms with van der Waals surface area (Å²) in [4.78, 5) is 28.2. The molecule has 0 aliphatic rings. The average molecular weight is 380 g/mol. The van der Waals surface area contributed by atoms with Gasteiger partial charge in [-0.1, -0.05) is 43.3 Å². The molecule has 0 aliphatic heterocycles. The van der Waals surface area contributed by atoms with E-state index in [1.807, 2.05) is 41.8 Å². The minimum absolute atomic E-state index is 0.0961. The van der Waals surface area contributed by atoms with Crippen molar-refractivity contribution in [3.05, 3.63) is 70.6 Å². The number of esters is 1. The van der Waals surface area contributed by atoms with E-state index in [4.69, 9.17) is 4.74 Å². The normalized spacial score (nSPS) is 10.4. The number of aromatic nitrogens is 1. The van der Waals surface area contributed by atoms with Crippen LogP contribution in [-0.4, -0.2) is 24.0 Å². The van der Waals surface area contributed by atoms with Crippen LogP contribution in [0.4, 0.5) is 5.13 Å². The zero-order valence-corrected chi connectivity index (χ0v) is 16.0. The summed E-state index contributed by atoms with van der Waals surface area (Å²) in [7, 11) is 1.35. The molecule has 2 aromatic carbocycles. The van der Waals surface area contributed by atoms with Gasteiger partial charge in [0.1, 0.15) is 0 Å². The highest BCUT2D eigenvalue weighted by molar-refractivity contribution is 7.14. The van der Waals surface area contributed by atoms with Crippen molar-refractivity contribution in [3.8, 4) is 11.3 Å². The molecule has 0 unspecified atom stereocenters. The van der Waals surface area contributed by atoms with E-state index < -0.39 is 0 Å². The van der Waals surface area contributed by atoms with Gasteiger partial charge in [-0.05, 0) is 29.7 Å². The van der Waals surface area contributed by atoms with E-state index in [2.05, 4.69) is 17.2 Å². The predicted octanol–water partition coefficient (Wildman–Crippen LogP) is 4.34. The molecular formula is C21H20N2O3S. The lowest BCUT2D eigenvalue weighted by Crippen LogP contribution is -2.14. The van der Waals surface area contributed by atoms with Gasteiger partial charge in [0.15, 0.2) is 5.13 Å². The van der Waals surface area contributed by atoms with Gasteiger partial charge in [0.05, 0.1) is 24.8 Å². The first-order valence-electron chi connectivity index (χ1n) is 8.61. The fourth-order valence-electron chi connectivity index (χ4n) is 2.60. The number of nitrogens with zero attached hydrogens (tertiary/aromatic N) is 1. The maximum atomic E-state index is 12.2. The maximum absolute atomic E-state index is 12.2. The zero-order valence-electron chi connectivity index (χ0n) is 15.2. The van der Waals surface area contributed by atoms with Crippen molar-refractivity contribution in [1.82, 2.24) is 4.98 Å². The van der Waals surface area contributed by atoms with Gasteiger partial charge in [-0.3, -0.25) is 4.79 Å². The molecule has 0 saturated carbocycles. The molecule has 1 heterocycles. The first-order chi connectivity index (χ1) is 13.1. The number of anilines is 1. The molecule has 1 N–H and O–H groups in total. The van der Waals surface area contributed by atoms with Crippen molar-refractivity contribution in [3.63, 3.8) is 0 Å². The van der Waals surface area contributed by atoms with Gasteiger partial charge in [0.25, 0.3) is 0 Å². The number of benzene rings is 2. The van der Waals surface area contributed by atoms with Crippen LogP contribution in [0.25, 0.3) is 11.3 Å². The second-order valence-electron chi connectivity index (χ2n) is 6.00. The highest BCUT2D eigenvalue weighted by Crippen LogP contribution is 2.25. The lowest BCUT2D eigenvalue weighted by atomic mass is 10.1. The summed E-state index contributed by atoms with van der Waals surface area (Å²) in [6, 6.07) is 15.1. The second-order valence-corrected chi connectivity index (χ2v) is 6.86. The highest BCUT2D eigenvalue weighted by atomic mass is 32.1. The summed E-state index contributed by atoms with van der Waals surface area (Å²) >= 11 is 1.37. The van der Waals surface area contributed by atoms with E-state index in [0.29, 0.717) is 17.1 Å². The number of thiazole rings is 1. The number of nitrogens with one attached hydrogen (secondary N) is 1. The Kier molecular flexibility index (Phi) is 5.98. The summed E-state index contributed by atoms with van der Waals surface area (Å²) in [6.07, 6.45) is 1.29. The lowest BCUT2D eigenvalue weighted by molar-refractivity contribution is -0.115. The van der Waals surface area contributed by atoms with Crippen molar-refractivity contribution < 1.29 is 14.3 Å². The molecule has 27 heavy (non-hydrogen) atoms. The number of carbonyl (C=O) groups is 2. The number of aryl methyl sites for hydroxylation is 1. The average Bonchev–Trinajstić information content (AvgIpc) is 3.16. The Morgan fingerprint density at radius 3 is 2.33 bits per heavy atom. The van der Waals surface area contributed by atoms with Gasteiger partial charge < -0.3 is 10.1 Å². The molecule has 0 spiro atoms. The third-order valence-electron chi connectivity index (χ3n) is 4.15. The summed E-state index contributed by atoms with van der Waals surface area (Å²) in [5.74, 6) is -0.471. The Balaban J connectivity index is 1.63. The van der Waals surface area contributed by atoms with Crippen molar-refractivity contribution >= 4 is 28.3 Å². The van der Waals surface area contributed by atoms with Gasteiger partial charge in [0.2, 0.25) is 5.91 Å². The van der Waals surface area contributed by atoms with Gasteiger partial charge in [-0.15, -0.1) is 11.3 Å². The molecule has 0 fully saturated rings. The van der Waals surface area contributed by atoms with Crippen LogP contribution in [0.1, 0.15) is 28.4 Å². The van der Waals surface area contributed by atoms with E-state index >= 15 is 0 Å². The molecule has 0 atom stereocenters. The van der Waals surface area contributed by atoms with Crippen LogP contribution in [0.2, 0.25) is 0 Å². The van der Waals surface area contributed by atoms with Gasteiger partial charge in [-0.25, -0.2) is 9.78 Å². The second kappa shape index (κ2) is 8.60. The molecule has 0 radical (unpaired) electrons. The van der Waals surface area contributed by atoms with E-state index in [0.717, 1.165) is 23.2 Å². The number of ether oxygens (including phenoxy) is 1. The molecule has 3 aromatic rings. The summed E-state index contributed by atoms with van der Waals surface area (Å²) in [5, 5.41) is 5.27. The van der Waals surface area contributed by atoms with E-state index in [1.165, 1.54) is 24.0 Å². The standard InChI is InChI=1S/C21H20N2O3S/c1-3-14-4-6-15(7-5-14)12-19(24)23-21-22-18(13-27-21)16-8-10-17(11-9-16)20(25)26-2/h4-11,13H,3,12H2,1-2H3,(H,22,23,24). The van der Waals surface area contributed by atoms with Crippen molar-refractivity contribution in [2.75, 3.05) is 12.4 Å². The fourth-order valence-corrected chi connectivity index (χ4v) is 3.34. The molecule has 0 bridgehead atoms. The Labute approximate surface area is 162 Å². The fraction of sp³-hybridized carbons (Fsp3) is 0.190. The molecule has 1 aromatic heterocycles. The predicted molar refractivity (Wildman–Crippen MR) is 107 cm³/mol. The van der Waals surface area contributed by atoms with Crippen LogP contribution in [-0.2, 0) is 22.4 Å². The maximum Gasteiger partial charge on any atom is 0.337 e. The molecule has 138 valence electrons. The summed E-state index contributed by atoms with van der Waals surface area (Å²) < 4.78 is 4.69. The van der Waals surface area contributed by atoms with Gasteiger partial charge in [-0.2, -0.15) is 0 Å². The molecule has 5 nitrogen and oxygen atoms in total. The Morgan fingerprint density at radius 2 is 1.70 bits per heavy atom. The molecular weight excluding hydrogens is 360 g/mol. The number of rotatable bonds is 6. The topological polar surface area (TPSA) is 68.3 Å². The quantitative estimate of drug-likeness (QED) is 0.646. The van der Waals surface area contributed by atoms with Crippen molar-refractivity contribution in [1.29, 1.82) is 0 Å². The Bertz CT molecular complexity index is 931. The smallest absolute Gasteiger partial charge is 0.337 e. The summed E-state index contributed by atoms with van der Waals surface area (Å²) in [6.45, 7) is 2.10. The first kappa shape index (κ1) is 18.8. The van der Waals surface area contributed by atoms with Crippen LogP contribution < -0.4 is 5.32 Å². The number of carbonyl (C=O) groups excluding carboxylic acids is 2. The minimum Gasteiger partial charge on any atom is -0.465 e. The Hall–Kier alpha value is -2.99. The number of hydrogen-bond acceptors (Lipinski definition) is 5. The van der Waals surface area contributed by atoms with Crippen molar-refractivity contribution in [2.45, 2.75) is 19.8 Å². The van der Waals surface area contributed by atoms with E-state index in [1.54, 1.807) is 12.1 Å². The number of amides is 1. The minimum atomic E-state index is -0.375. The molecule has 3 rings (SSSR count). The first-order valence-corrected chi connectivity index (χ1v) is 9.49. The molecule has 6 heteroatoms. The van der Waals surface area contributed by atoms with Gasteiger partial charge in [0, 0.05) is 10.9 Å². The van der Waals surface area contributed by atoms with Crippen LogP contribution in [0.3, 0.4) is 0 Å². The largest absolute Gasteiger partial charge is 0.465 e. The number of hydrogen-bond donors (Lipinski definition) is 1. The van der Waals surface area contributed by atoms with Crippen LogP contribution in [0.15, 0.2) is 53.9 Å². The van der Waals surface area contributed by atoms with E-state index in [9.17, 15) is 9.59 Å². The zero-order chi connectivity index (χ0) is 19.2. The lowest BCUT2D eigenvalue weighted by Gasteiger charge is -2.03. The molecule has 1 amide bonds. The SMILES string of the molecule is CCc1ccc(CC(=O)Nc2nc(-c3ccc(C(=O)OC)cc3)cs2)cc1. The third kappa shape index (κ3) is 4.80. The van der Waals surface area contributed by atoms with E-state index in [-0.39, 0.29) is 11.9 Å². The van der Waals surface area contributed by atoms with Crippen LogP contribution in [0.5, 0.6) is 0 Å². The molecule has 0 saturated heterocycles. The highest BCUT2D eigenvalue weighted by Gasteiger charge is 2.10. The monoisotopic (exact) mass is 380 g/mol. The molecule has 0 aliphatic carbocycles. The van der Waals surface area contributed by atoms with Crippen LogP contribution in [0, 0.1) is 0 Å². The van der Waals surface area contributed by atoms with Crippen LogP contribution >= 0.6 is 11.3 Å². The van der Waals surface area contributed by atoms with Gasteiger partial charge >= 0.3 is 5.97 Å². The Morgan fingerprint density at radius 1 is 1.04 bits per heavy atom. The van der Waals surface area contributed by atoms with Crippen molar-refractivity contribution in [2.24, 2.45) is 0 Å². The summed E-state index contributed by atoms with van der Waals surface area (Å²) in [5.41, 5.74) is 4.33. The third-order valence-corrected chi connectivity index (χ3v) is 4.91. The number of methoxy groups -OCH3 is 1.